The molecule has 3 heterocycles. The molecule has 4 nitrogen and oxygen atoms in total. The highest BCUT2D eigenvalue weighted by Gasteiger charge is 2.37. The van der Waals surface area contributed by atoms with Crippen molar-refractivity contribution in [3.8, 4) is 11.5 Å². The molecule has 0 radical (unpaired) electrons. The Bertz CT molecular complexity index is 838. The van der Waals surface area contributed by atoms with Gasteiger partial charge in [-0.3, -0.25) is 4.79 Å². The molecule has 2 fully saturated rings. The number of ether oxygens (including phenoxy) is 2. The smallest absolute Gasteiger partial charge is 0.319 e. The van der Waals surface area contributed by atoms with Crippen LogP contribution in [-0.4, -0.2) is 24.2 Å². The van der Waals surface area contributed by atoms with Gasteiger partial charge in [0.2, 0.25) is 0 Å². The molecule has 3 aliphatic heterocycles. The van der Waals surface area contributed by atoms with E-state index in [1.165, 1.54) is 12.8 Å². The third-order valence-corrected chi connectivity index (χ3v) is 6.33. The maximum Gasteiger partial charge on any atom is 0.319 e. The minimum absolute atomic E-state index is 0.0763. The normalized spacial score (nSPS) is 31.9. The van der Waals surface area contributed by atoms with Crippen molar-refractivity contribution in [1.29, 1.82) is 0 Å². The topological polar surface area (TPSA) is 47.6 Å². The van der Waals surface area contributed by atoms with E-state index in [2.05, 4.69) is 18.3 Å². The van der Waals surface area contributed by atoms with E-state index in [0.29, 0.717) is 17.8 Å². The summed E-state index contributed by atoms with van der Waals surface area (Å²) in [6, 6.07) is 17.1. The second-order valence-corrected chi connectivity index (χ2v) is 8.15. The SMILES string of the molecule is CC1c2ccc(OC3CC4CCC(C3)N4)cc2OC(=O)C1c1ccccc1. The Labute approximate surface area is 159 Å². The second-order valence-electron chi connectivity index (χ2n) is 8.15. The number of hydrogen-bond donors (Lipinski definition) is 1. The van der Waals surface area contributed by atoms with Crippen LogP contribution in [0.3, 0.4) is 0 Å². The lowest BCUT2D eigenvalue weighted by atomic mass is 9.80. The first-order chi connectivity index (χ1) is 13.2. The summed E-state index contributed by atoms with van der Waals surface area (Å²) >= 11 is 0. The largest absolute Gasteiger partial charge is 0.490 e. The van der Waals surface area contributed by atoms with E-state index in [-0.39, 0.29) is 23.9 Å². The van der Waals surface area contributed by atoms with Crippen LogP contribution in [0, 0.1) is 0 Å². The first-order valence-corrected chi connectivity index (χ1v) is 10.0. The van der Waals surface area contributed by atoms with Gasteiger partial charge in [-0.15, -0.1) is 0 Å². The molecule has 2 aromatic rings. The summed E-state index contributed by atoms with van der Waals surface area (Å²) in [7, 11) is 0. The second kappa shape index (κ2) is 6.68. The van der Waals surface area contributed by atoms with Gasteiger partial charge in [-0.1, -0.05) is 43.3 Å². The number of piperidine rings is 1. The molecule has 2 bridgehead atoms. The van der Waals surface area contributed by atoms with Gasteiger partial charge in [0, 0.05) is 24.1 Å². The van der Waals surface area contributed by atoms with E-state index in [9.17, 15) is 4.79 Å². The van der Waals surface area contributed by atoms with Crippen molar-refractivity contribution in [1.82, 2.24) is 5.32 Å². The molecule has 27 heavy (non-hydrogen) atoms. The molecule has 4 heteroatoms. The highest BCUT2D eigenvalue weighted by Crippen LogP contribution is 2.44. The van der Waals surface area contributed by atoms with E-state index in [0.717, 1.165) is 29.7 Å². The number of benzene rings is 2. The van der Waals surface area contributed by atoms with Gasteiger partial charge in [0.25, 0.3) is 0 Å². The molecule has 0 spiro atoms. The Balaban J connectivity index is 1.37. The number of hydrogen-bond acceptors (Lipinski definition) is 4. The lowest BCUT2D eigenvalue weighted by Gasteiger charge is -2.32. The average Bonchev–Trinajstić information content (AvgIpc) is 3.01. The quantitative estimate of drug-likeness (QED) is 0.657. The third kappa shape index (κ3) is 3.12. The first-order valence-electron chi connectivity index (χ1n) is 10.0. The molecule has 5 rings (SSSR count). The lowest BCUT2D eigenvalue weighted by molar-refractivity contribution is -0.137. The Morgan fingerprint density at radius 3 is 2.52 bits per heavy atom. The zero-order chi connectivity index (χ0) is 18.4. The van der Waals surface area contributed by atoms with Gasteiger partial charge in [-0.25, -0.2) is 0 Å². The zero-order valence-corrected chi connectivity index (χ0v) is 15.6. The Morgan fingerprint density at radius 1 is 1.04 bits per heavy atom. The number of nitrogens with one attached hydrogen (secondary N) is 1. The maximum atomic E-state index is 12.7. The standard InChI is InChI=1S/C23H25NO3/c1-14-20-10-9-18(26-19-11-16-7-8-17(12-19)24-16)13-21(20)27-23(25)22(14)15-5-3-2-4-6-15/h2-6,9-10,13-14,16-17,19,22,24H,7-8,11-12H2,1H3. The lowest BCUT2D eigenvalue weighted by Crippen LogP contribution is -2.42. The van der Waals surface area contributed by atoms with Crippen molar-refractivity contribution in [2.24, 2.45) is 0 Å². The molecular weight excluding hydrogens is 338 g/mol. The number of fused-ring (bicyclic) bond motifs is 3. The van der Waals surface area contributed by atoms with Gasteiger partial charge in [0.05, 0.1) is 5.92 Å². The fourth-order valence-corrected chi connectivity index (χ4v) is 4.99. The van der Waals surface area contributed by atoms with Gasteiger partial charge in [-0.2, -0.15) is 0 Å². The van der Waals surface area contributed by atoms with Crippen molar-refractivity contribution >= 4 is 5.97 Å². The minimum atomic E-state index is -0.259. The third-order valence-electron chi connectivity index (χ3n) is 6.33. The van der Waals surface area contributed by atoms with E-state index in [1.807, 2.05) is 42.5 Å². The van der Waals surface area contributed by atoms with Crippen LogP contribution in [0.5, 0.6) is 11.5 Å². The monoisotopic (exact) mass is 363 g/mol. The van der Waals surface area contributed by atoms with Crippen LogP contribution < -0.4 is 14.8 Å². The summed E-state index contributed by atoms with van der Waals surface area (Å²) in [5, 5.41) is 3.64. The molecule has 140 valence electrons. The fourth-order valence-electron chi connectivity index (χ4n) is 4.99. The molecule has 4 unspecified atom stereocenters. The van der Waals surface area contributed by atoms with E-state index in [4.69, 9.17) is 9.47 Å². The van der Waals surface area contributed by atoms with Gasteiger partial charge in [0.15, 0.2) is 0 Å². The van der Waals surface area contributed by atoms with Gasteiger partial charge in [0.1, 0.15) is 17.6 Å². The van der Waals surface area contributed by atoms with E-state index < -0.39 is 0 Å². The molecule has 1 N–H and O–H groups in total. The van der Waals surface area contributed by atoms with Crippen LogP contribution >= 0.6 is 0 Å². The van der Waals surface area contributed by atoms with Gasteiger partial charge < -0.3 is 14.8 Å². The van der Waals surface area contributed by atoms with Crippen molar-refractivity contribution < 1.29 is 14.3 Å². The summed E-state index contributed by atoms with van der Waals surface area (Å²) in [5.41, 5.74) is 2.08. The summed E-state index contributed by atoms with van der Waals surface area (Å²) in [6.07, 6.45) is 4.87. The number of carbonyl (C=O) groups excluding carboxylic acids is 1. The summed E-state index contributed by atoms with van der Waals surface area (Å²) < 4.78 is 12.0. The zero-order valence-electron chi connectivity index (χ0n) is 15.6. The molecular formula is C23H25NO3. The molecule has 0 aliphatic carbocycles. The van der Waals surface area contributed by atoms with Gasteiger partial charge >= 0.3 is 5.97 Å². The van der Waals surface area contributed by atoms with Crippen LogP contribution in [0.4, 0.5) is 0 Å². The Kier molecular flexibility index (Phi) is 4.16. The molecule has 0 saturated carbocycles. The predicted octanol–water partition coefficient (Wildman–Crippen LogP) is 4.15. The van der Waals surface area contributed by atoms with Crippen LogP contribution in [0.2, 0.25) is 0 Å². The van der Waals surface area contributed by atoms with E-state index >= 15 is 0 Å². The van der Waals surface area contributed by atoms with Crippen molar-refractivity contribution in [3.63, 3.8) is 0 Å². The highest BCUT2D eigenvalue weighted by atomic mass is 16.5. The van der Waals surface area contributed by atoms with Gasteiger partial charge in [-0.05, 0) is 42.9 Å². The highest BCUT2D eigenvalue weighted by molar-refractivity contribution is 5.84. The molecule has 2 aromatic carbocycles. The Morgan fingerprint density at radius 2 is 1.78 bits per heavy atom. The van der Waals surface area contributed by atoms with Crippen molar-refractivity contribution in [2.75, 3.05) is 0 Å². The number of esters is 1. The number of carbonyl (C=O) groups is 1. The minimum Gasteiger partial charge on any atom is -0.490 e. The predicted molar refractivity (Wildman–Crippen MR) is 103 cm³/mol. The summed E-state index contributed by atoms with van der Waals surface area (Å²) in [4.78, 5) is 12.7. The maximum absolute atomic E-state index is 12.7. The molecule has 2 saturated heterocycles. The molecule has 0 aromatic heterocycles. The average molecular weight is 363 g/mol. The molecule has 3 aliphatic rings. The number of rotatable bonds is 3. The van der Waals surface area contributed by atoms with Crippen LogP contribution in [0.15, 0.2) is 48.5 Å². The Hall–Kier alpha value is -2.33. The van der Waals surface area contributed by atoms with Crippen molar-refractivity contribution in [3.05, 3.63) is 59.7 Å². The first kappa shape index (κ1) is 16.8. The van der Waals surface area contributed by atoms with Crippen molar-refractivity contribution in [2.45, 2.75) is 62.6 Å². The fraction of sp³-hybridized carbons (Fsp3) is 0.435. The van der Waals surface area contributed by atoms with E-state index in [1.54, 1.807) is 0 Å². The van der Waals surface area contributed by atoms with Crippen LogP contribution in [0.1, 0.15) is 55.6 Å². The molecule has 4 atom stereocenters. The summed E-state index contributed by atoms with van der Waals surface area (Å²) in [6.45, 7) is 2.10. The summed E-state index contributed by atoms with van der Waals surface area (Å²) in [5.74, 6) is 1.09. The molecule has 0 amide bonds. The van der Waals surface area contributed by atoms with Crippen LogP contribution in [-0.2, 0) is 4.79 Å². The van der Waals surface area contributed by atoms with Crippen LogP contribution in [0.25, 0.3) is 0 Å².